The molecule has 1 nitrogen and oxygen atoms in total. The molecule has 1 aliphatic rings. The SMILES string of the molecule is CC(C)C1(C(C)C)CNC1.[HH]. The highest BCUT2D eigenvalue weighted by atomic mass is 15.0. The van der Waals surface area contributed by atoms with Crippen molar-refractivity contribution in [2.24, 2.45) is 17.3 Å². The third kappa shape index (κ3) is 0.968. The zero-order chi connectivity index (χ0) is 7.78. The van der Waals surface area contributed by atoms with E-state index in [0.29, 0.717) is 5.41 Å². The number of hydrogen-bond acceptors (Lipinski definition) is 1. The Morgan fingerprint density at radius 2 is 1.50 bits per heavy atom. The topological polar surface area (TPSA) is 12.0 Å². The molecule has 0 radical (unpaired) electrons. The molecule has 0 unspecified atom stereocenters. The van der Waals surface area contributed by atoms with Crippen LogP contribution in [0.3, 0.4) is 0 Å². The molecule has 1 aliphatic heterocycles. The standard InChI is InChI=1S/C9H19N.H2/c1-7(2)9(8(3)4)5-10-6-9;/h7-8,10H,5-6H2,1-4H3;1H. The molecule has 1 rings (SSSR count). The molecule has 0 aromatic rings. The molecule has 10 heavy (non-hydrogen) atoms. The second-order valence-electron chi connectivity index (χ2n) is 4.15. The lowest BCUT2D eigenvalue weighted by molar-refractivity contribution is 0.0419. The van der Waals surface area contributed by atoms with Crippen molar-refractivity contribution >= 4 is 0 Å². The zero-order valence-electron chi connectivity index (χ0n) is 7.57. The van der Waals surface area contributed by atoms with Gasteiger partial charge in [-0.15, -0.1) is 0 Å². The monoisotopic (exact) mass is 143 g/mol. The van der Waals surface area contributed by atoms with Crippen molar-refractivity contribution in [3.63, 3.8) is 0 Å². The fraction of sp³-hybridized carbons (Fsp3) is 1.00. The van der Waals surface area contributed by atoms with Crippen LogP contribution in [-0.4, -0.2) is 13.1 Å². The summed E-state index contributed by atoms with van der Waals surface area (Å²) >= 11 is 0. The van der Waals surface area contributed by atoms with E-state index in [1.54, 1.807) is 0 Å². The molecular formula is C9H21N. The molecule has 0 atom stereocenters. The minimum absolute atomic E-state index is 0. The first-order valence-electron chi connectivity index (χ1n) is 4.30. The van der Waals surface area contributed by atoms with Crippen molar-refractivity contribution in [3.8, 4) is 0 Å². The van der Waals surface area contributed by atoms with Crippen LogP contribution in [0.5, 0.6) is 0 Å². The maximum Gasteiger partial charge on any atom is 0.00251 e. The molecule has 1 saturated heterocycles. The summed E-state index contributed by atoms with van der Waals surface area (Å²) in [7, 11) is 0. The van der Waals surface area contributed by atoms with Crippen LogP contribution in [0.15, 0.2) is 0 Å². The Bertz CT molecular complexity index is 107. The summed E-state index contributed by atoms with van der Waals surface area (Å²) in [5, 5.41) is 3.36. The predicted molar refractivity (Wildman–Crippen MR) is 47.1 cm³/mol. The van der Waals surface area contributed by atoms with Crippen LogP contribution in [0.25, 0.3) is 0 Å². The fourth-order valence-corrected chi connectivity index (χ4v) is 1.90. The van der Waals surface area contributed by atoms with Gasteiger partial charge in [0.2, 0.25) is 0 Å². The third-order valence-corrected chi connectivity index (χ3v) is 3.21. The molecular weight excluding hydrogens is 122 g/mol. The van der Waals surface area contributed by atoms with Gasteiger partial charge in [0.25, 0.3) is 0 Å². The minimum atomic E-state index is 0. The van der Waals surface area contributed by atoms with Gasteiger partial charge in [-0.2, -0.15) is 0 Å². The zero-order valence-corrected chi connectivity index (χ0v) is 7.57. The molecule has 0 aromatic heterocycles. The third-order valence-electron chi connectivity index (χ3n) is 3.21. The first kappa shape index (κ1) is 8.06. The summed E-state index contributed by atoms with van der Waals surface area (Å²) in [6.45, 7) is 11.8. The van der Waals surface area contributed by atoms with Gasteiger partial charge in [-0.3, -0.25) is 0 Å². The molecule has 0 spiro atoms. The van der Waals surface area contributed by atoms with Gasteiger partial charge in [-0.05, 0) is 17.3 Å². The van der Waals surface area contributed by atoms with Crippen LogP contribution in [0.4, 0.5) is 0 Å². The summed E-state index contributed by atoms with van der Waals surface area (Å²) in [4.78, 5) is 0. The van der Waals surface area contributed by atoms with Crippen molar-refractivity contribution in [1.82, 2.24) is 5.32 Å². The normalized spacial score (nSPS) is 23.4. The Balaban J connectivity index is 0.000001000. The first-order chi connectivity index (χ1) is 4.59. The van der Waals surface area contributed by atoms with E-state index in [1.165, 1.54) is 13.1 Å². The predicted octanol–water partition coefficient (Wildman–Crippen LogP) is 2.13. The summed E-state index contributed by atoms with van der Waals surface area (Å²) in [5.41, 5.74) is 0.611. The van der Waals surface area contributed by atoms with E-state index in [-0.39, 0.29) is 1.43 Å². The van der Waals surface area contributed by atoms with E-state index < -0.39 is 0 Å². The van der Waals surface area contributed by atoms with Gasteiger partial charge in [0.05, 0.1) is 0 Å². The van der Waals surface area contributed by atoms with Crippen LogP contribution in [0, 0.1) is 17.3 Å². The molecule has 62 valence electrons. The highest BCUT2D eigenvalue weighted by Crippen LogP contribution is 2.38. The number of rotatable bonds is 2. The Morgan fingerprint density at radius 1 is 1.10 bits per heavy atom. The molecule has 1 N–H and O–H groups in total. The fourth-order valence-electron chi connectivity index (χ4n) is 1.90. The van der Waals surface area contributed by atoms with Crippen LogP contribution >= 0.6 is 0 Å². The molecule has 0 bridgehead atoms. The van der Waals surface area contributed by atoms with E-state index >= 15 is 0 Å². The highest BCUT2D eigenvalue weighted by molar-refractivity contribution is 4.96. The van der Waals surface area contributed by atoms with Gasteiger partial charge in [0, 0.05) is 14.5 Å². The summed E-state index contributed by atoms with van der Waals surface area (Å²) in [6, 6.07) is 0. The van der Waals surface area contributed by atoms with Crippen LogP contribution in [0.2, 0.25) is 0 Å². The van der Waals surface area contributed by atoms with E-state index in [0.717, 1.165) is 11.8 Å². The van der Waals surface area contributed by atoms with E-state index in [2.05, 4.69) is 33.0 Å². The summed E-state index contributed by atoms with van der Waals surface area (Å²) in [6.07, 6.45) is 0. The summed E-state index contributed by atoms with van der Waals surface area (Å²) < 4.78 is 0. The molecule has 1 fully saturated rings. The smallest absolute Gasteiger partial charge is 0.00251 e. The minimum Gasteiger partial charge on any atom is -0.315 e. The van der Waals surface area contributed by atoms with Crippen molar-refractivity contribution in [2.75, 3.05) is 13.1 Å². The lowest BCUT2D eigenvalue weighted by Gasteiger charge is -2.49. The van der Waals surface area contributed by atoms with Crippen LogP contribution < -0.4 is 5.32 Å². The van der Waals surface area contributed by atoms with Crippen LogP contribution in [-0.2, 0) is 0 Å². The maximum atomic E-state index is 3.36. The lowest BCUT2D eigenvalue weighted by Crippen LogP contribution is -2.59. The quantitative estimate of drug-likeness (QED) is 0.624. The van der Waals surface area contributed by atoms with E-state index in [1.807, 2.05) is 0 Å². The second-order valence-corrected chi connectivity index (χ2v) is 4.15. The van der Waals surface area contributed by atoms with Gasteiger partial charge in [0.15, 0.2) is 0 Å². The molecule has 0 aromatic carbocycles. The Morgan fingerprint density at radius 3 is 1.50 bits per heavy atom. The second kappa shape index (κ2) is 2.54. The molecule has 1 heteroatoms. The number of hydrogen-bond donors (Lipinski definition) is 1. The van der Waals surface area contributed by atoms with Gasteiger partial charge < -0.3 is 5.32 Å². The molecule has 0 amide bonds. The van der Waals surface area contributed by atoms with Crippen molar-refractivity contribution in [3.05, 3.63) is 0 Å². The Labute approximate surface area is 65.7 Å². The van der Waals surface area contributed by atoms with Gasteiger partial charge in [-0.25, -0.2) is 0 Å². The average molecular weight is 143 g/mol. The Hall–Kier alpha value is -0.0400. The molecule has 0 saturated carbocycles. The first-order valence-corrected chi connectivity index (χ1v) is 4.30. The van der Waals surface area contributed by atoms with Crippen molar-refractivity contribution in [1.29, 1.82) is 0 Å². The largest absolute Gasteiger partial charge is 0.315 e. The number of nitrogens with one attached hydrogen (secondary N) is 1. The van der Waals surface area contributed by atoms with Gasteiger partial charge in [-0.1, -0.05) is 27.7 Å². The van der Waals surface area contributed by atoms with E-state index in [4.69, 9.17) is 0 Å². The van der Waals surface area contributed by atoms with Gasteiger partial charge >= 0.3 is 0 Å². The van der Waals surface area contributed by atoms with Crippen molar-refractivity contribution in [2.45, 2.75) is 27.7 Å². The lowest BCUT2D eigenvalue weighted by atomic mass is 9.65. The highest BCUT2D eigenvalue weighted by Gasteiger charge is 2.42. The molecule has 0 aliphatic carbocycles. The van der Waals surface area contributed by atoms with Crippen molar-refractivity contribution < 1.29 is 1.43 Å². The molecule has 1 heterocycles. The average Bonchev–Trinajstić information content (AvgIpc) is 1.57. The van der Waals surface area contributed by atoms with E-state index in [9.17, 15) is 0 Å². The maximum absolute atomic E-state index is 3.36. The Kier molecular flexibility index (Phi) is 2.04. The summed E-state index contributed by atoms with van der Waals surface area (Å²) in [5.74, 6) is 1.66. The van der Waals surface area contributed by atoms with Crippen LogP contribution in [0.1, 0.15) is 29.1 Å². The van der Waals surface area contributed by atoms with Gasteiger partial charge in [0.1, 0.15) is 0 Å².